The Morgan fingerprint density at radius 1 is 0.903 bits per heavy atom. The van der Waals surface area contributed by atoms with E-state index in [4.69, 9.17) is 9.72 Å². The quantitative estimate of drug-likeness (QED) is 0.0888. The Hall–Kier alpha value is -6.56. The summed E-state index contributed by atoms with van der Waals surface area (Å²) in [5.74, 6) is -2.10. The Balaban J connectivity index is 0.750. The molecule has 3 N–H and O–H groups in total. The van der Waals surface area contributed by atoms with Gasteiger partial charge in [-0.1, -0.05) is 25.3 Å². The molecule has 4 aromatic rings. The number of aryl methyl sites for hydroxylation is 1. The molecule has 18 nitrogen and oxygen atoms in total. The van der Waals surface area contributed by atoms with E-state index in [9.17, 15) is 33.6 Å². The second kappa shape index (κ2) is 18.2. The number of ether oxygens (including phenoxy) is 1. The van der Waals surface area contributed by atoms with Gasteiger partial charge in [-0.25, -0.2) is 9.97 Å². The number of ketones is 1. The summed E-state index contributed by atoms with van der Waals surface area (Å²) in [4.78, 5) is 108. The predicted molar refractivity (Wildman–Crippen MR) is 228 cm³/mol. The standard InChI is InChI=1S/C44H50N10O8/c1-26-31-24-47-44(50-39(31)53(28-9-4-5-10-28)42(60)37(26)27(2)55)48-34-15-13-29(23-46-34)52-21-19-51(20-22-52)18-7-3-6-17-45-36(57)25-62-33-12-8-11-30-38(33)43(61)54(41(30)59)32-14-16-35(56)49-40(32)58/h8,11-13,15,23-24,28,32H,3-7,9-10,14,16-22,25H2,1-2H3,(H,45,57)(H,49,56,58)(H,46,47,48,50). The number of nitrogens with one attached hydrogen (secondary N) is 3. The minimum absolute atomic E-state index is 0.00230. The number of fused-ring (bicyclic) bond motifs is 2. The third-order valence-corrected chi connectivity index (χ3v) is 12.2. The fourth-order valence-corrected chi connectivity index (χ4v) is 8.96. The average Bonchev–Trinajstić information content (AvgIpc) is 3.88. The molecule has 3 aromatic heterocycles. The van der Waals surface area contributed by atoms with Crippen molar-refractivity contribution in [2.45, 2.75) is 83.7 Å². The van der Waals surface area contributed by atoms with E-state index in [0.29, 0.717) is 34.9 Å². The lowest BCUT2D eigenvalue weighted by molar-refractivity contribution is -0.136. The number of carbonyl (C=O) groups is 6. The van der Waals surface area contributed by atoms with Crippen molar-refractivity contribution >= 4 is 63.8 Å². The smallest absolute Gasteiger partial charge is 0.266 e. The van der Waals surface area contributed by atoms with Crippen LogP contribution in [0.3, 0.4) is 0 Å². The van der Waals surface area contributed by atoms with Gasteiger partial charge in [0.05, 0.1) is 28.6 Å². The SMILES string of the molecule is CC(=O)c1c(C)c2cnc(Nc3ccc(N4CCN(CCCCCNC(=O)COc5cccc6c5C(=O)N(C5CCC(=O)NC5=O)C6=O)CC4)cn3)nc2n(C2CCCC2)c1=O. The Labute approximate surface area is 357 Å². The van der Waals surface area contributed by atoms with E-state index in [1.807, 2.05) is 18.3 Å². The number of carbonyl (C=O) groups excluding carboxylic acids is 6. The van der Waals surface area contributed by atoms with Crippen LogP contribution in [0.2, 0.25) is 0 Å². The zero-order valence-corrected chi connectivity index (χ0v) is 34.9. The maximum atomic E-state index is 13.6. The molecule has 1 saturated carbocycles. The first-order chi connectivity index (χ1) is 30.0. The second-order valence-corrected chi connectivity index (χ2v) is 16.3. The van der Waals surface area contributed by atoms with E-state index in [2.05, 4.69) is 35.7 Å². The topological polar surface area (TPSA) is 218 Å². The lowest BCUT2D eigenvalue weighted by Crippen LogP contribution is -2.54. The fraction of sp³-hybridized carbons (Fsp3) is 0.455. The van der Waals surface area contributed by atoms with Crippen LogP contribution in [0.5, 0.6) is 5.75 Å². The highest BCUT2D eigenvalue weighted by molar-refractivity contribution is 6.24. The highest BCUT2D eigenvalue weighted by Gasteiger charge is 2.46. The van der Waals surface area contributed by atoms with Crippen LogP contribution in [0.1, 0.15) is 107 Å². The average molecular weight is 847 g/mol. The van der Waals surface area contributed by atoms with E-state index in [1.54, 1.807) is 23.8 Å². The molecule has 6 heterocycles. The van der Waals surface area contributed by atoms with Crippen molar-refractivity contribution < 1.29 is 33.5 Å². The minimum Gasteiger partial charge on any atom is -0.483 e. The molecule has 5 amide bonds. The summed E-state index contributed by atoms with van der Waals surface area (Å²) in [6, 6.07) is 7.35. The number of rotatable bonds is 15. The number of amides is 5. The predicted octanol–water partition coefficient (Wildman–Crippen LogP) is 3.44. The largest absolute Gasteiger partial charge is 0.483 e. The van der Waals surface area contributed by atoms with E-state index in [0.717, 1.165) is 88.3 Å². The molecule has 324 valence electrons. The van der Waals surface area contributed by atoms with E-state index in [-0.39, 0.29) is 65.2 Å². The number of Topliss-reactive ketones (excluding diaryl/α,β-unsaturated/α-hetero) is 1. The molecule has 1 aliphatic carbocycles. The van der Waals surface area contributed by atoms with Crippen LogP contribution in [0.4, 0.5) is 17.5 Å². The summed E-state index contributed by atoms with van der Waals surface area (Å²) >= 11 is 0. The van der Waals surface area contributed by atoms with Crippen molar-refractivity contribution in [2.75, 3.05) is 56.1 Å². The Morgan fingerprint density at radius 3 is 2.42 bits per heavy atom. The summed E-state index contributed by atoms with van der Waals surface area (Å²) in [6.45, 7) is 7.82. The third kappa shape index (κ3) is 8.64. The third-order valence-electron chi connectivity index (χ3n) is 12.2. The van der Waals surface area contributed by atoms with Gasteiger partial charge in [-0.3, -0.25) is 53.2 Å². The minimum atomic E-state index is -1.09. The molecule has 1 unspecified atom stereocenters. The second-order valence-electron chi connectivity index (χ2n) is 16.3. The summed E-state index contributed by atoms with van der Waals surface area (Å²) in [7, 11) is 0. The van der Waals surface area contributed by atoms with E-state index >= 15 is 0 Å². The number of imide groups is 2. The van der Waals surface area contributed by atoms with Gasteiger partial charge in [-0.2, -0.15) is 4.98 Å². The van der Waals surface area contributed by atoms with Gasteiger partial charge in [0.15, 0.2) is 12.4 Å². The molecule has 3 aliphatic heterocycles. The van der Waals surface area contributed by atoms with Crippen molar-refractivity contribution in [3.63, 3.8) is 0 Å². The van der Waals surface area contributed by atoms with Crippen molar-refractivity contribution in [3.8, 4) is 5.75 Å². The maximum absolute atomic E-state index is 13.6. The van der Waals surface area contributed by atoms with Crippen molar-refractivity contribution in [1.82, 2.24) is 40.0 Å². The molecule has 2 saturated heterocycles. The van der Waals surface area contributed by atoms with Gasteiger partial charge in [0.1, 0.15) is 23.3 Å². The first-order valence-corrected chi connectivity index (χ1v) is 21.4. The highest BCUT2D eigenvalue weighted by Crippen LogP contribution is 2.34. The number of unbranched alkanes of at least 4 members (excludes halogenated alkanes) is 2. The number of anilines is 3. The first-order valence-electron chi connectivity index (χ1n) is 21.4. The fourth-order valence-electron chi connectivity index (χ4n) is 8.96. The zero-order valence-electron chi connectivity index (χ0n) is 34.9. The van der Waals surface area contributed by atoms with Crippen LogP contribution in [0, 0.1) is 6.92 Å². The number of hydrogen-bond acceptors (Lipinski definition) is 14. The molecular formula is C44H50N10O8. The van der Waals surface area contributed by atoms with Crippen molar-refractivity contribution in [1.29, 1.82) is 0 Å². The number of pyridine rings is 2. The van der Waals surface area contributed by atoms with Crippen LogP contribution in [-0.4, -0.2) is 117 Å². The van der Waals surface area contributed by atoms with Gasteiger partial charge in [0.2, 0.25) is 17.8 Å². The van der Waals surface area contributed by atoms with Gasteiger partial charge in [-0.15, -0.1) is 0 Å². The molecule has 62 heavy (non-hydrogen) atoms. The molecule has 1 atom stereocenters. The van der Waals surface area contributed by atoms with Crippen LogP contribution >= 0.6 is 0 Å². The Kier molecular flexibility index (Phi) is 12.4. The number of aromatic nitrogens is 4. The monoisotopic (exact) mass is 846 g/mol. The number of piperidine rings is 1. The van der Waals surface area contributed by atoms with Crippen molar-refractivity contribution in [3.05, 3.63) is 75.3 Å². The van der Waals surface area contributed by atoms with Crippen LogP contribution < -0.4 is 31.1 Å². The normalized spacial score (nSPS) is 18.3. The lowest BCUT2D eigenvalue weighted by Gasteiger charge is -2.36. The first kappa shape index (κ1) is 42.1. The number of hydrogen-bond donors (Lipinski definition) is 3. The van der Waals surface area contributed by atoms with Crippen LogP contribution in [0.25, 0.3) is 11.0 Å². The molecule has 8 rings (SSSR count). The van der Waals surface area contributed by atoms with Crippen molar-refractivity contribution in [2.24, 2.45) is 0 Å². The van der Waals surface area contributed by atoms with E-state index < -0.39 is 29.7 Å². The summed E-state index contributed by atoms with van der Waals surface area (Å²) < 4.78 is 7.38. The summed E-state index contributed by atoms with van der Waals surface area (Å²) in [5.41, 5.74) is 2.16. The highest BCUT2D eigenvalue weighted by atomic mass is 16.5. The lowest BCUT2D eigenvalue weighted by atomic mass is 10.0. The molecule has 1 aromatic carbocycles. The Morgan fingerprint density at radius 2 is 1.69 bits per heavy atom. The maximum Gasteiger partial charge on any atom is 0.266 e. The Bertz CT molecular complexity index is 2490. The summed E-state index contributed by atoms with van der Waals surface area (Å²) in [6.07, 6.45) is 10.1. The molecule has 3 fully saturated rings. The van der Waals surface area contributed by atoms with E-state index in [1.165, 1.54) is 19.1 Å². The van der Waals surface area contributed by atoms with Crippen LogP contribution in [-0.2, 0) is 14.4 Å². The van der Waals surface area contributed by atoms with Gasteiger partial charge in [-0.05, 0) is 82.3 Å². The van der Waals surface area contributed by atoms with Gasteiger partial charge in [0.25, 0.3) is 23.3 Å². The van der Waals surface area contributed by atoms with Crippen LogP contribution in [0.15, 0.2) is 47.5 Å². The zero-order chi connectivity index (χ0) is 43.5. The van der Waals surface area contributed by atoms with Gasteiger partial charge < -0.3 is 20.3 Å². The van der Waals surface area contributed by atoms with Gasteiger partial charge >= 0.3 is 0 Å². The molecule has 0 spiro atoms. The number of benzene rings is 1. The number of nitrogens with zero attached hydrogens (tertiary/aromatic N) is 7. The molecule has 18 heteroatoms. The summed E-state index contributed by atoms with van der Waals surface area (Å²) in [5, 5.41) is 8.91. The molecular weight excluding hydrogens is 797 g/mol. The number of piperazine rings is 1. The molecule has 0 radical (unpaired) electrons. The van der Waals surface area contributed by atoms with Gasteiger partial charge in [0, 0.05) is 56.8 Å². The molecule has 0 bridgehead atoms. The molecule has 4 aliphatic rings.